The molecule has 2 atom stereocenters. The summed E-state index contributed by atoms with van der Waals surface area (Å²) in [6.07, 6.45) is 4.52. The summed E-state index contributed by atoms with van der Waals surface area (Å²) in [4.78, 5) is 47.8. The highest BCUT2D eigenvalue weighted by molar-refractivity contribution is 9.10. The number of amides is 1. The molecule has 12 heteroatoms. The van der Waals surface area contributed by atoms with Gasteiger partial charge in [0.15, 0.2) is 11.4 Å². The number of carbonyl (C=O) groups excluding carboxylic acids is 1. The van der Waals surface area contributed by atoms with E-state index >= 15 is 0 Å². The fraction of sp³-hybridized carbons (Fsp3) is 0.407. The van der Waals surface area contributed by atoms with Crippen LogP contribution in [-0.4, -0.2) is 65.5 Å². The Bertz CT molecular complexity index is 1590. The average molecular weight is 593 g/mol. The van der Waals surface area contributed by atoms with Gasteiger partial charge in [-0.1, -0.05) is 37.3 Å². The van der Waals surface area contributed by atoms with Gasteiger partial charge in [-0.15, -0.1) is 5.10 Å². The quantitative estimate of drug-likeness (QED) is 0.362. The van der Waals surface area contributed by atoms with E-state index in [9.17, 15) is 9.59 Å². The highest BCUT2D eigenvalue weighted by atomic mass is 79.9. The van der Waals surface area contributed by atoms with E-state index in [-0.39, 0.29) is 29.2 Å². The molecule has 4 aromatic rings. The first-order valence-corrected chi connectivity index (χ1v) is 14.0. The minimum Gasteiger partial charge on any atom is -0.485 e. The van der Waals surface area contributed by atoms with Crippen LogP contribution in [0.3, 0.4) is 0 Å². The third kappa shape index (κ3) is 4.56. The number of ether oxygens (including phenoxy) is 1. The zero-order valence-corrected chi connectivity index (χ0v) is 23.4. The number of hydrogen-bond donors (Lipinski definition) is 1. The zero-order valence-electron chi connectivity index (χ0n) is 21.8. The van der Waals surface area contributed by atoms with Crippen LogP contribution in [0.15, 0.2) is 46.2 Å². The van der Waals surface area contributed by atoms with Gasteiger partial charge < -0.3 is 19.5 Å². The summed E-state index contributed by atoms with van der Waals surface area (Å²) in [5, 5.41) is 4.22. The van der Waals surface area contributed by atoms with Gasteiger partial charge in [-0.2, -0.15) is 9.50 Å². The molecule has 2 saturated heterocycles. The highest BCUT2D eigenvalue weighted by Gasteiger charge is 2.44. The standard InChI is InChI=1S/C27H29BrN8O3/c1-3-18-22(25(38)36-27(31-18)32-26(28)33-36)34-13-11-20-19(34)10-7-12-35(20)24(37)21-23(16(2)29-15-30-21)39-14-17-8-5-4-6-9-17/h4-6,8-9,15,19-20H,3,7,10-14H2,1-2H3,(H,31,32,33). The lowest BCUT2D eigenvalue weighted by molar-refractivity contribution is 0.0596. The number of aromatic amines is 1. The molecule has 39 heavy (non-hydrogen) atoms. The Morgan fingerprint density at radius 1 is 1.15 bits per heavy atom. The predicted octanol–water partition coefficient (Wildman–Crippen LogP) is 3.30. The lowest BCUT2D eigenvalue weighted by Gasteiger charge is -2.40. The first-order chi connectivity index (χ1) is 19.0. The lowest BCUT2D eigenvalue weighted by Crippen LogP contribution is -2.53. The molecule has 3 aromatic heterocycles. The van der Waals surface area contributed by atoms with Gasteiger partial charge in [-0.3, -0.25) is 9.59 Å². The third-order valence-electron chi connectivity index (χ3n) is 7.65. The Kier molecular flexibility index (Phi) is 6.79. The van der Waals surface area contributed by atoms with Crippen LogP contribution in [-0.2, 0) is 13.0 Å². The molecule has 2 fully saturated rings. The van der Waals surface area contributed by atoms with E-state index in [1.54, 1.807) is 0 Å². The fourth-order valence-electron chi connectivity index (χ4n) is 5.85. The van der Waals surface area contributed by atoms with Crippen LogP contribution < -0.4 is 15.2 Å². The van der Waals surface area contributed by atoms with Gasteiger partial charge in [0.1, 0.15) is 18.6 Å². The maximum absolute atomic E-state index is 14.0. The molecule has 202 valence electrons. The average Bonchev–Trinajstić information content (AvgIpc) is 3.55. The van der Waals surface area contributed by atoms with Crippen LogP contribution in [0.1, 0.15) is 53.6 Å². The van der Waals surface area contributed by atoms with Crippen molar-refractivity contribution < 1.29 is 9.53 Å². The summed E-state index contributed by atoms with van der Waals surface area (Å²) in [7, 11) is 0. The van der Waals surface area contributed by atoms with E-state index in [1.807, 2.05) is 49.1 Å². The van der Waals surface area contributed by atoms with Crippen molar-refractivity contribution in [3.63, 3.8) is 0 Å². The molecule has 11 nitrogen and oxygen atoms in total. The van der Waals surface area contributed by atoms with Gasteiger partial charge in [0.25, 0.3) is 11.5 Å². The Morgan fingerprint density at radius 3 is 2.77 bits per heavy atom. The van der Waals surface area contributed by atoms with Crippen LogP contribution in [0.4, 0.5) is 5.69 Å². The normalized spacial score (nSPS) is 18.9. The summed E-state index contributed by atoms with van der Waals surface area (Å²) < 4.78 is 7.77. The largest absolute Gasteiger partial charge is 0.485 e. The predicted molar refractivity (Wildman–Crippen MR) is 148 cm³/mol. The molecular weight excluding hydrogens is 564 g/mol. The molecule has 0 saturated carbocycles. The van der Waals surface area contributed by atoms with Crippen LogP contribution in [0.2, 0.25) is 0 Å². The van der Waals surface area contributed by atoms with Crippen molar-refractivity contribution in [1.29, 1.82) is 0 Å². The van der Waals surface area contributed by atoms with E-state index in [0.717, 1.165) is 30.5 Å². The number of likely N-dealkylation sites (tertiary alicyclic amines) is 1. The van der Waals surface area contributed by atoms with E-state index in [1.165, 1.54) is 10.8 Å². The van der Waals surface area contributed by atoms with Gasteiger partial charge >= 0.3 is 0 Å². The van der Waals surface area contributed by atoms with E-state index in [0.29, 0.717) is 53.8 Å². The van der Waals surface area contributed by atoms with E-state index < -0.39 is 0 Å². The molecule has 5 heterocycles. The number of carbonyl (C=O) groups is 1. The Labute approximate surface area is 233 Å². The summed E-state index contributed by atoms with van der Waals surface area (Å²) in [5.41, 5.74) is 3.12. The monoisotopic (exact) mass is 592 g/mol. The number of benzene rings is 1. The molecule has 0 radical (unpaired) electrons. The minimum atomic E-state index is -0.203. The zero-order chi connectivity index (χ0) is 27.1. The van der Waals surface area contributed by atoms with Crippen molar-refractivity contribution in [3.8, 4) is 5.75 Å². The first-order valence-electron chi connectivity index (χ1n) is 13.2. The Balaban J connectivity index is 1.30. The number of aryl methyl sites for hydroxylation is 2. The topological polar surface area (TPSA) is 122 Å². The van der Waals surface area contributed by atoms with E-state index in [2.05, 4.69) is 45.9 Å². The summed E-state index contributed by atoms with van der Waals surface area (Å²) in [5.74, 6) is 0.654. The number of anilines is 1. The Hall–Kier alpha value is -3.80. The van der Waals surface area contributed by atoms with Crippen molar-refractivity contribution in [2.45, 2.75) is 58.2 Å². The number of piperidine rings is 1. The number of hydrogen-bond acceptors (Lipinski definition) is 8. The molecular formula is C27H29BrN8O3. The van der Waals surface area contributed by atoms with Crippen molar-refractivity contribution in [2.24, 2.45) is 0 Å². The maximum atomic E-state index is 14.0. The summed E-state index contributed by atoms with van der Waals surface area (Å²) in [6, 6.07) is 9.77. The number of halogens is 1. The lowest BCUT2D eigenvalue weighted by atomic mass is 9.96. The third-order valence-corrected chi connectivity index (χ3v) is 7.98. The van der Waals surface area contributed by atoms with Gasteiger partial charge in [-0.05, 0) is 54.1 Å². The van der Waals surface area contributed by atoms with Crippen molar-refractivity contribution in [2.75, 3.05) is 18.0 Å². The summed E-state index contributed by atoms with van der Waals surface area (Å²) in [6.45, 7) is 5.44. The van der Waals surface area contributed by atoms with Gasteiger partial charge in [-0.25, -0.2) is 9.97 Å². The van der Waals surface area contributed by atoms with Crippen LogP contribution in [0.25, 0.3) is 5.78 Å². The molecule has 6 rings (SSSR count). The SMILES string of the molecule is CCc1[nH]c2nc(Br)nn2c(=O)c1N1CCC2C1CCCN2C(=O)c1ncnc(C)c1OCc1ccccc1. The molecule has 2 aliphatic heterocycles. The molecule has 1 aromatic carbocycles. The number of nitrogens with one attached hydrogen (secondary N) is 1. The highest BCUT2D eigenvalue weighted by Crippen LogP contribution is 2.36. The number of nitrogens with zero attached hydrogens (tertiary/aromatic N) is 7. The van der Waals surface area contributed by atoms with Crippen molar-refractivity contribution in [3.05, 3.63) is 74.4 Å². The number of aromatic nitrogens is 6. The second kappa shape index (κ2) is 10.4. The second-order valence-corrected chi connectivity index (χ2v) is 10.6. The van der Waals surface area contributed by atoms with Crippen LogP contribution in [0.5, 0.6) is 5.75 Å². The molecule has 1 N–H and O–H groups in total. The molecule has 0 aliphatic carbocycles. The van der Waals surface area contributed by atoms with E-state index in [4.69, 9.17) is 4.74 Å². The fourth-order valence-corrected chi connectivity index (χ4v) is 6.18. The van der Waals surface area contributed by atoms with Crippen LogP contribution in [0, 0.1) is 6.92 Å². The van der Waals surface area contributed by atoms with Gasteiger partial charge in [0.05, 0.1) is 11.7 Å². The molecule has 0 bridgehead atoms. The number of rotatable bonds is 6. The van der Waals surface area contributed by atoms with Crippen molar-refractivity contribution >= 4 is 33.3 Å². The molecule has 1 amide bonds. The van der Waals surface area contributed by atoms with Gasteiger partial charge in [0.2, 0.25) is 10.5 Å². The summed E-state index contributed by atoms with van der Waals surface area (Å²) >= 11 is 3.27. The van der Waals surface area contributed by atoms with Gasteiger partial charge in [0, 0.05) is 24.8 Å². The second-order valence-electron chi connectivity index (χ2n) is 9.90. The maximum Gasteiger partial charge on any atom is 0.299 e. The molecule has 0 spiro atoms. The molecule has 2 unspecified atom stereocenters. The first kappa shape index (κ1) is 25.5. The smallest absolute Gasteiger partial charge is 0.299 e. The number of fused-ring (bicyclic) bond motifs is 2. The minimum absolute atomic E-state index is 0.00938. The van der Waals surface area contributed by atoms with Crippen molar-refractivity contribution in [1.82, 2.24) is 34.4 Å². The number of H-pyrrole nitrogens is 1. The molecule has 2 aliphatic rings. The van der Waals surface area contributed by atoms with Crippen LogP contribution >= 0.6 is 15.9 Å². The Morgan fingerprint density at radius 2 is 1.97 bits per heavy atom.